The van der Waals surface area contributed by atoms with Crippen LogP contribution in [0.25, 0.3) is 0 Å². The Morgan fingerprint density at radius 1 is 1.19 bits per heavy atom. The molecule has 0 bridgehead atoms. The lowest BCUT2D eigenvalue weighted by Gasteiger charge is -2.21. The predicted molar refractivity (Wildman–Crippen MR) is 80.1 cm³/mol. The molecule has 5 heteroatoms. The van der Waals surface area contributed by atoms with Crippen molar-refractivity contribution >= 4 is 12.1 Å². The van der Waals surface area contributed by atoms with Crippen LogP contribution in [0.5, 0.6) is 5.75 Å². The van der Waals surface area contributed by atoms with Gasteiger partial charge in [-0.05, 0) is 46.2 Å². The summed E-state index contributed by atoms with van der Waals surface area (Å²) >= 11 is 0. The molecule has 0 aliphatic carbocycles. The fourth-order valence-corrected chi connectivity index (χ4v) is 1.59. The van der Waals surface area contributed by atoms with Gasteiger partial charge in [-0.1, -0.05) is 18.2 Å². The van der Waals surface area contributed by atoms with Gasteiger partial charge in [0.05, 0.1) is 0 Å². The number of esters is 1. The monoisotopic (exact) mass is 293 g/mol. The van der Waals surface area contributed by atoms with Crippen molar-refractivity contribution in [1.82, 2.24) is 5.32 Å². The lowest BCUT2D eigenvalue weighted by molar-refractivity contribution is -0.134. The molecule has 0 aliphatic heterocycles. The van der Waals surface area contributed by atoms with Crippen LogP contribution in [0.2, 0.25) is 0 Å². The van der Waals surface area contributed by atoms with Gasteiger partial charge in [-0.3, -0.25) is 4.79 Å². The Hall–Kier alpha value is -2.04. The van der Waals surface area contributed by atoms with Gasteiger partial charge in [0.1, 0.15) is 11.4 Å². The molecular formula is C16H23NO4. The molecule has 1 unspecified atom stereocenters. The van der Waals surface area contributed by atoms with E-state index < -0.39 is 11.7 Å². The van der Waals surface area contributed by atoms with Crippen LogP contribution in [0.3, 0.4) is 0 Å². The maximum atomic E-state index is 11.7. The molecule has 1 N–H and O–H groups in total. The van der Waals surface area contributed by atoms with Crippen molar-refractivity contribution in [2.45, 2.75) is 52.2 Å². The Balaban J connectivity index is 2.28. The van der Waals surface area contributed by atoms with Crippen LogP contribution >= 0.6 is 0 Å². The van der Waals surface area contributed by atoms with Gasteiger partial charge in [0.25, 0.3) is 0 Å². The van der Waals surface area contributed by atoms with Gasteiger partial charge in [-0.25, -0.2) is 4.79 Å². The number of nitrogens with one attached hydrogen (secondary N) is 1. The Kier molecular flexibility index (Phi) is 6.21. The van der Waals surface area contributed by atoms with Crippen LogP contribution in [-0.2, 0) is 9.53 Å². The zero-order chi connectivity index (χ0) is 15.9. The molecule has 1 amide bonds. The van der Waals surface area contributed by atoms with Crippen LogP contribution in [0.15, 0.2) is 30.3 Å². The van der Waals surface area contributed by atoms with E-state index in [0.29, 0.717) is 12.2 Å². The Labute approximate surface area is 125 Å². The maximum Gasteiger partial charge on any atom is 0.407 e. The smallest absolute Gasteiger partial charge is 0.407 e. The van der Waals surface area contributed by atoms with E-state index in [0.717, 1.165) is 0 Å². The van der Waals surface area contributed by atoms with Gasteiger partial charge < -0.3 is 14.8 Å². The summed E-state index contributed by atoms with van der Waals surface area (Å²) in [6.07, 6.45) is 0.239. The summed E-state index contributed by atoms with van der Waals surface area (Å²) < 4.78 is 10.3. The maximum absolute atomic E-state index is 11.7. The van der Waals surface area contributed by atoms with Crippen molar-refractivity contribution in [2.24, 2.45) is 0 Å². The van der Waals surface area contributed by atoms with Crippen molar-refractivity contribution in [3.05, 3.63) is 30.3 Å². The number of carbonyl (C=O) groups is 2. The summed E-state index contributed by atoms with van der Waals surface area (Å²) in [5, 5.41) is 2.69. The average molecular weight is 293 g/mol. The predicted octanol–water partition coefficient (Wildman–Crippen LogP) is 3.29. The van der Waals surface area contributed by atoms with Crippen molar-refractivity contribution < 1.29 is 19.1 Å². The van der Waals surface area contributed by atoms with E-state index in [4.69, 9.17) is 9.47 Å². The lowest BCUT2D eigenvalue weighted by atomic mass is 10.2. The molecule has 1 atom stereocenters. The Morgan fingerprint density at radius 2 is 1.81 bits per heavy atom. The first kappa shape index (κ1) is 17.0. The second kappa shape index (κ2) is 7.67. The second-order valence-corrected chi connectivity index (χ2v) is 5.87. The van der Waals surface area contributed by atoms with E-state index in [-0.39, 0.29) is 18.4 Å². The number of hydrogen-bond acceptors (Lipinski definition) is 4. The summed E-state index contributed by atoms with van der Waals surface area (Å²) in [6, 6.07) is 8.73. The molecule has 116 valence electrons. The Bertz CT molecular complexity index is 465. The van der Waals surface area contributed by atoms with Crippen molar-refractivity contribution in [1.29, 1.82) is 0 Å². The molecular weight excluding hydrogens is 270 g/mol. The van der Waals surface area contributed by atoms with Gasteiger partial charge in [0, 0.05) is 12.5 Å². The normalized spacial score (nSPS) is 12.4. The largest absolute Gasteiger partial charge is 0.444 e. The second-order valence-electron chi connectivity index (χ2n) is 5.87. The van der Waals surface area contributed by atoms with Crippen LogP contribution < -0.4 is 10.1 Å². The van der Waals surface area contributed by atoms with Crippen LogP contribution in [0, 0.1) is 0 Å². The number of benzene rings is 1. The lowest BCUT2D eigenvalue weighted by Crippen LogP contribution is -2.38. The van der Waals surface area contributed by atoms with Crippen LogP contribution in [0.1, 0.15) is 40.5 Å². The average Bonchev–Trinajstić information content (AvgIpc) is 2.35. The minimum atomic E-state index is -0.532. The number of alkyl carbamates (subject to hydrolysis) is 1. The highest BCUT2D eigenvalue weighted by atomic mass is 16.6. The molecule has 0 spiro atoms. The van der Waals surface area contributed by atoms with E-state index in [1.165, 1.54) is 0 Å². The molecule has 5 nitrogen and oxygen atoms in total. The van der Waals surface area contributed by atoms with Gasteiger partial charge in [-0.15, -0.1) is 0 Å². The third-order valence-electron chi connectivity index (χ3n) is 2.52. The van der Waals surface area contributed by atoms with Crippen LogP contribution in [-0.4, -0.2) is 23.7 Å². The number of rotatable bonds is 5. The highest BCUT2D eigenvalue weighted by Gasteiger charge is 2.18. The first-order valence-corrected chi connectivity index (χ1v) is 7.01. The molecule has 0 radical (unpaired) electrons. The van der Waals surface area contributed by atoms with Crippen molar-refractivity contribution in [3.63, 3.8) is 0 Å². The highest BCUT2D eigenvalue weighted by molar-refractivity contribution is 5.72. The summed E-state index contributed by atoms with van der Waals surface area (Å²) in [5.74, 6) is 0.203. The Morgan fingerprint density at radius 3 is 2.38 bits per heavy atom. The quantitative estimate of drug-likeness (QED) is 0.668. The number of carbonyl (C=O) groups excluding carboxylic acids is 2. The van der Waals surface area contributed by atoms with Crippen molar-refractivity contribution in [2.75, 3.05) is 0 Å². The van der Waals surface area contributed by atoms with E-state index in [2.05, 4.69) is 5.32 Å². The fourth-order valence-electron chi connectivity index (χ4n) is 1.59. The van der Waals surface area contributed by atoms with Gasteiger partial charge in [0.2, 0.25) is 0 Å². The molecule has 0 fully saturated rings. The molecule has 0 aromatic heterocycles. The molecule has 1 aromatic rings. The van der Waals surface area contributed by atoms with Crippen LogP contribution in [0.4, 0.5) is 4.79 Å². The zero-order valence-electron chi connectivity index (χ0n) is 13.0. The topological polar surface area (TPSA) is 64.6 Å². The minimum Gasteiger partial charge on any atom is -0.444 e. The minimum absolute atomic E-state index is 0.164. The first-order valence-electron chi connectivity index (χ1n) is 7.01. The summed E-state index contributed by atoms with van der Waals surface area (Å²) in [7, 11) is 0. The third-order valence-corrected chi connectivity index (χ3v) is 2.52. The molecule has 1 aromatic carbocycles. The molecule has 0 heterocycles. The molecule has 0 saturated carbocycles. The standard InChI is InChI=1S/C16H23NO4/c1-12(17-15(19)21-16(2,3)4)10-11-14(18)20-13-8-6-5-7-9-13/h5-9,12H,10-11H2,1-4H3,(H,17,19). The summed E-state index contributed by atoms with van der Waals surface area (Å²) in [5.41, 5.74) is -0.532. The molecule has 0 saturated heterocycles. The number of ether oxygens (including phenoxy) is 2. The van der Waals surface area contributed by atoms with E-state index in [1.54, 1.807) is 45.0 Å². The fraction of sp³-hybridized carbons (Fsp3) is 0.500. The zero-order valence-corrected chi connectivity index (χ0v) is 13.0. The molecule has 21 heavy (non-hydrogen) atoms. The van der Waals surface area contributed by atoms with Gasteiger partial charge >= 0.3 is 12.1 Å². The van der Waals surface area contributed by atoms with E-state index in [1.807, 2.05) is 13.0 Å². The summed E-state index contributed by atoms with van der Waals surface area (Å²) in [4.78, 5) is 23.2. The first-order chi connectivity index (χ1) is 9.76. The van der Waals surface area contributed by atoms with E-state index in [9.17, 15) is 9.59 Å². The molecule has 1 rings (SSSR count). The molecule has 0 aliphatic rings. The van der Waals surface area contributed by atoms with E-state index >= 15 is 0 Å². The number of hydrogen-bond donors (Lipinski definition) is 1. The third kappa shape index (κ3) is 7.97. The SMILES string of the molecule is CC(CCC(=O)Oc1ccccc1)NC(=O)OC(C)(C)C. The van der Waals surface area contributed by atoms with Gasteiger partial charge in [-0.2, -0.15) is 0 Å². The van der Waals surface area contributed by atoms with Gasteiger partial charge in [0.15, 0.2) is 0 Å². The number of para-hydroxylation sites is 1. The van der Waals surface area contributed by atoms with Crippen molar-refractivity contribution in [3.8, 4) is 5.75 Å². The summed E-state index contributed by atoms with van der Waals surface area (Å²) in [6.45, 7) is 7.22. The number of amides is 1. The highest BCUT2D eigenvalue weighted by Crippen LogP contribution is 2.11.